The van der Waals surface area contributed by atoms with Gasteiger partial charge >= 0.3 is 6.03 Å². The van der Waals surface area contributed by atoms with E-state index >= 15 is 0 Å². The molecule has 0 saturated heterocycles. The maximum absolute atomic E-state index is 12.6. The first-order chi connectivity index (χ1) is 10.6. The van der Waals surface area contributed by atoms with Crippen LogP contribution in [-0.4, -0.2) is 28.7 Å². The van der Waals surface area contributed by atoms with Crippen molar-refractivity contribution in [3.8, 4) is 0 Å². The quantitative estimate of drug-likeness (QED) is 0.849. The summed E-state index contributed by atoms with van der Waals surface area (Å²) in [6, 6.07) is 13.6. The molecule has 0 bridgehead atoms. The molecule has 2 N–H and O–H groups in total. The van der Waals surface area contributed by atoms with Crippen LogP contribution < -0.4 is 5.32 Å². The number of aliphatic hydroxyl groups is 1. The third kappa shape index (κ3) is 4.58. The number of carbonyl (C=O) groups excluding carboxylic acids is 1. The first-order valence-corrected chi connectivity index (χ1v) is 8.20. The standard InChI is InChI=1S/C17H22N2O2S/c1-13(10-11-20)19(12-15-6-4-3-5-7-15)17(21)18-16-9-8-14(2)22-16/h3-9,13,20H,10-12H2,1-2H3,(H,18,21). The molecule has 1 aromatic heterocycles. The first kappa shape index (κ1) is 16.5. The van der Waals surface area contributed by atoms with Crippen LogP contribution in [0.15, 0.2) is 42.5 Å². The number of nitrogens with zero attached hydrogens (tertiary/aromatic N) is 1. The molecule has 5 heteroatoms. The SMILES string of the molecule is Cc1ccc(NC(=O)N(Cc2ccccc2)C(C)CCO)s1. The molecule has 1 atom stereocenters. The van der Waals surface area contributed by atoms with Gasteiger partial charge in [-0.3, -0.25) is 5.32 Å². The topological polar surface area (TPSA) is 52.6 Å². The van der Waals surface area contributed by atoms with Gasteiger partial charge in [0.2, 0.25) is 0 Å². The summed E-state index contributed by atoms with van der Waals surface area (Å²) >= 11 is 1.56. The van der Waals surface area contributed by atoms with Gasteiger partial charge in [0.05, 0.1) is 5.00 Å². The molecule has 0 spiro atoms. The molecule has 1 aromatic carbocycles. The molecule has 0 aliphatic rings. The van der Waals surface area contributed by atoms with Crippen LogP contribution in [0.1, 0.15) is 23.8 Å². The Hall–Kier alpha value is -1.85. The number of thiophene rings is 1. The fraction of sp³-hybridized carbons (Fsp3) is 0.353. The molecule has 118 valence electrons. The molecule has 0 fully saturated rings. The van der Waals surface area contributed by atoms with Crippen molar-refractivity contribution in [2.75, 3.05) is 11.9 Å². The lowest BCUT2D eigenvalue weighted by molar-refractivity contribution is 0.169. The summed E-state index contributed by atoms with van der Waals surface area (Å²) in [5.41, 5.74) is 1.07. The van der Waals surface area contributed by atoms with E-state index < -0.39 is 0 Å². The van der Waals surface area contributed by atoms with E-state index in [4.69, 9.17) is 0 Å². The number of anilines is 1. The summed E-state index contributed by atoms with van der Waals surface area (Å²) in [4.78, 5) is 15.5. The number of rotatable bonds is 6. The molecule has 2 amide bonds. The van der Waals surface area contributed by atoms with Gasteiger partial charge in [-0.2, -0.15) is 0 Å². The third-order valence-corrected chi connectivity index (χ3v) is 4.42. The highest BCUT2D eigenvalue weighted by molar-refractivity contribution is 7.16. The summed E-state index contributed by atoms with van der Waals surface area (Å²) in [5.74, 6) is 0. The molecule has 1 unspecified atom stereocenters. The van der Waals surface area contributed by atoms with E-state index in [1.54, 1.807) is 16.2 Å². The van der Waals surface area contributed by atoms with Gasteiger partial charge in [-0.1, -0.05) is 30.3 Å². The normalized spacial score (nSPS) is 12.0. The number of carbonyl (C=O) groups is 1. The number of nitrogens with one attached hydrogen (secondary N) is 1. The van der Waals surface area contributed by atoms with Crippen LogP contribution in [0.2, 0.25) is 0 Å². The maximum Gasteiger partial charge on any atom is 0.323 e. The van der Waals surface area contributed by atoms with Crippen LogP contribution >= 0.6 is 11.3 Å². The van der Waals surface area contributed by atoms with Crippen molar-refractivity contribution in [1.82, 2.24) is 4.90 Å². The van der Waals surface area contributed by atoms with E-state index in [2.05, 4.69) is 5.32 Å². The van der Waals surface area contributed by atoms with E-state index in [1.165, 1.54) is 0 Å². The van der Waals surface area contributed by atoms with Crippen molar-refractivity contribution in [1.29, 1.82) is 0 Å². The molecule has 0 aliphatic carbocycles. The summed E-state index contributed by atoms with van der Waals surface area (Å²) in [5, 5.41) is 13.0. The first-order valence-electron chi connectivity index (χ1n) is 7.39. The lowest BCUT2D eigenvalue weighted by Crippen LogP contribution is -2.41. The van der Waals surface area contributed by atoms with Gasteiger partial charge in [0.15, 0.2) is 0 Å². The van der Waals surface area contributed by atoms with Crippen molar-refractivity contribution in [2.24, 2.45) is 0 Å². The number of aryl methyl sites for hydroxylation is 1. The third-order valence-electron chi connectivity index (χ3n) is 3.51. The van der Waals surface area contributed by atoms with E-state index in [0.29, 0.717) is 13.0 Å². The zero-order chi connectivity index (χ0) is 15.9. The Morgan fingerprint density at radius 2 is 2.00 bits per heavy atom. The Balaban J connectivity index is 2.10. The fourth-order valence-corrected chi connectivity index (χ4v) is 2.99. The molecule has 2 rings (SSSR count). The van der Waals surface area contributed by atoms with Crippen molar-refractivity contribution < 1.29 is 9.90 Å². The van der Waals surface area contributed by atoms with Gasteiger partial charge in [0.1, 0.15) is 0 Å². The number of aliphatic hydroxyl groups excluding tert-OH is 1. The summed E-state index contributed by atoms with van der Waals surface area (Å²) < 4.78 is 0. The van der Waals surface area contributed by atoms with Crippen LogP contribution in [-0.2, 0) is 6.54 Å². The minimum absolute atomic E-state index is 0.0359. The van der Waals surface area contributed by atoms with Crippen LogP contribution in [0.4, 0.5) is 9.80 Å². The second-order valence-electron chi connectivity index (χ2n) is 5.32. The molecule has 4 nitrogen and oxygen atoms in total. The zero-order valence-corrected chi connectivity index (χ0v) is 13.8. The number of hydrogen-bond acceptors (Lipinski definition) is 3. The highest BCUT2D eigenvalue weighted by atomic mass is 32.1. The average molecular weight is 318 g/mol. The van der Waals surface area contributed by atoms with Crippen molar-refractivity contribution in [3.63, 3.8) is 0 Å². The van der Waals surface area contributed by atoms with E-state index in [1.807, 2.05) is 56.3 Å². The molecular weight excluding hydrogens is 296 g/mol. The van der Waals surface area contributed by atoms with Gasteiger partial charge in [0, 0.05) is 24.1 Å². The molecule has 0 saturated carbocycles. The van der Waals surface area contributed by atoms with Crippen LogP contribution in [0.5, 0.6) is 0 Å². The minimum Gasteiger partial charge on any atom is -0.396 e. The van der Waals surface area contributed by atoms with Crippen molar-refractivity contribution in [3.05, 3.63) is 52.9 Å². The Labute approximate surface area is 135 Å². The monoisotopic (exact) mass is 318 g/mol. The summed E-state index contributed by atoms with van der Waals surface area (Å²) in [6.07, 6.45) is 0.559. The van der Waals surface area contributed by atoms with E-state index in [-0.39, 0.29) is 18.7 Å². The molecule has 22 heavy (non-hydrogen) atoms. The van der Waals surface area contributed by atoms with Crippen LogP contribution in [0, 0.1) is 6.92 Å². The smallest absolute Gasteiger partial charge is 0.323 e. The Morgan fingerprint density at radius 1 is 1.27 bits per heavy atom. The van der Waals surface area contributed by atoms with Gasteiger partial charge in [0.25, 0.3) is 0 Å². The van der Waals surface area contributed by atoms with Gasteiger partial charge in [-0.25, -0.2) is 4.79 Å². The fourth-order valence-electron chi connectivity index (χ4n) is 2.23. The lowest BCUT2D eigenvalue weighted by Gasteiger charge is -2.29. The van der Waals surface area contributed by atoms with E-state index in [9.17, 15) is 9.90 Å². The number of hydrogen-bond donors (Lipinski definition) is 2. The summed E-state index contributed by atoms with van der Waals surface area (Å²) in [7, 11) is 0. The predicted molar refractivity (Wildman–Crippen MR) is 91.2 cm³/mol. The Bertz CT molecular complexity index is 598. The van der Waals surface area contributed by atoms with Gasteiger partial charge in [-0.15, -0.1) is 11.3 Å². The largest absolute Gasteiger partial charge is 0.396 e. The van der Waals surface area contributed by atoms with Gasteiger partial charge in [-0.05, 0) is 38.0 Å². The lowest BCUT2D eigenvalue weighted by atomic mass is 10.1. The number of amides is 2. The second-order valence-corrected chi connectivity index (χ2v) is 6.60. The van der Waals surface area contributed by atoms with Crippen molar-refractivity contribution >= 4 is 22.4 Å². The number of urea groups is 1. The maximum atomic E-state index is 12.6. The highest BCUT2D eigenvalue weighted by Crippen LogP contribution is 2.22. The predicted octanol–water partition coefficient (Wildman–Crippen LogP) is 3.86. The molecule has 0 aliphatic heterocycles. The van der Waals surface area contributed by atoms with Crippen LogP contribution in [0.25, 0.3) is 0 Å². The highest BCUT2D eigenvalue weighted by Gasteiger charge is 2.20. The average Bonchev–Trinajstić information content (AvgIpc) is 2.91. The van der Waals surface area contributed by atoms with Crippen LogP contribution in [0.3, 0.4) is 0 Å². The number of benzene rings is 1. The summed E-state index contributed by atoms with van der Waals surface area (Å²) in [6.45, 7) is 4.56. The van der Waals surface area contributed by atoms with Gasteiger partial charge < -0.3 is 10.0 Å². The molecular formula is C17H22N2O2S. The minimum atomic E-state index is -0.133. The van der Waals surface area contributed by atoms with Crippen molar-refractivity contribution in [2.45, 2.75) is 32.9 Å². The Morgan fingerprint density at radius 3 is 2.59 bits per heavy atom. The Kier molecular flexibility index (Phi) is 5.98. The molecule has 0 radical (unpaired) electrons. The molecule has 2 aromatic rings. The second kappa shape index (κ2) is 7.96. The molecule has 1 heterocycles. The van der Waals surface area contributed by atoms with E-state index in [0.717, 1.165) is 15.4 Å². The zero-order valence-electron chi connectivity index (χ0n) is 13.0.